The Morgan fingerprint density at radius 1 is 1.20 bits per heavy atom. The molecule has 0 atom stereocenters. The Morgan fingerprint density at radius 2 is 1.67 bits per heavy atom. The predicted molar refractivity (Wildman–Crippen MR) is 62.4 cm³/mol. The van der Waals surface area contributed by atoms with Crippen molar-refractivity contribution in [3.05, 3.63) is 0 Å². The molecule has 0 aromatic rings. The molecule has 0 spiro atoms. The molecule has 15 heavy (non-hydrogen) atoms. The first kappa shape index (κ1) is 13.7. The molecule has 0 unspecified atom stereocenters. The number of guanidine groups is 1. The lowest BCUT2D eigenvalue weighted by atomic mass is 10.0. The number of amides is 1. The minimum Gasteiger partial charge on any atom is -0.370 e. The van der Waals surface area contributed by atoms with E-state index < -0.39 is 5.54 Å². The van der Waals surface area contributed by atoms with Crippen molar-refractivity contribution in [2.45, 2.75) is 52.1 Å². The van der Waals surface area contributed by atoms with E-state index in [1.807, 2.05) is 34.6 Å². The van der Waals surface area contributed by atoms with Crippen molar-refractivity contribution in [2.75, 3.05) is 0 Å². The number of primary amides is 1. The van der Waals surface area contributed by atoms with Gasteiger partial charge in [-0.15, -0.1) is 0 Å². The Bertz CT molecular complexity index is 263. The predicted octanol–water partition coefficient (Wildman–Crippen LogP) is 0.343. The van der Waals surface area contributed by atoms with Crippen LogP contribution >= 0.6 is 0 Å². The van der Waals surface area contributed by atoms with Crippen LogP contribution in [0, 0.1) is 0 Å². The van der Waals surface area contributed by atoms with E-state index in [0.717, 1.165) is 0 Å². The summed E-state index contributed by atoms with van der Waals surface area (Å²) < 4.78 is 0. The van der Waals surface area contributed by atoms with Gasteiger partial charge in [-0.1, -0.05) is 0 Å². The molecule has 5 heteroatoms. The Morgan fingerprint density at radius 3 is 2.00 bits per heavy atom. The van der Waals surface area contributed by atoms with Gasteiger partial charge in [-0.05, 0) is 34.6 Å². The molecule has 0 radical (unpaired) electrons. The van der Waals surface area contributed by atoms with E-state index in [4.69, 9.17) is 11.5 Å². The summed E-state index contributed by atoms with van der Waals surface area (Å²) in [5.41, 5.74) is 10.1. The maximum Gasteiger partial charge on any atom is 0.219 e. The SMILES string of the molecule is CC(C)(CC(N)=O)N=C(N)NC(C)(C)C. The quantitative estimate of drug-likeness (QED) is 0.467. The molecular weight excluding hydrogens is 192 g/mol. The summed E-state index contributed by atoms with van der Waals surface area (Å²) >= 11 is 0. The minimum absolute atomic E-state index is 0.142. The topological polar surface area (TPSA) is 93.5 Å². The molecule has 0 bridgehead atoms. The highest BCUT2D eigenvalue weighted by molar-refractivity contribution is 5.80. The maximum absolute atomic E-state index is 10.8. The molecule has 1 amide bonds. The molecule has 0 aromatic heterocycles. The van der Waals surface area contributed by atoms with Crippen molar-refractivity contribution in [3.8, 4) is 0 Å². The molecule has 0 aliphatic carbocycles. The highest BCUT2D eigenvalue weighted by Crippen LogP contribution is 2.13. The van der Waals surface area contributed by atoms with Gasteiger partial charge in [-0.3, -0.25) is 4.79 Å². The van der Waals surface area contributed by atoms with Crippen molar-refractivity contribution in [1.29, 1.82) is 0 Å². The van der Waals surface area contributed by atoms with Crippen molar-refractivity contribution < 1.29 is 4.79 Å². The smallest absolute Gasteiger partial charge is 0.219 e. The van der Waals surface area contributed by atoms with E-state index in [1.54, 1.807) is 0 Å². The number of hydrogen-bond acceptors (Lipinski definition) is 2. The largest absolute Gasteiger partial charge is 0.370 e. The number of aliphatic imine (C=N–C) groups is 1. The second kappa shape index (κ2) is 4.51. The number of nitrogens with two attached hydrogens (primary N) is 2. The number of rotatable bonds is 3. The molecule has 0 rings (SSSR count). The van der Waals surface area contributed by atoms with Crippen LogP contribution in [-0.4, -0.2) is 22.9 Å². The highest BCUT2D eigenvalue weighted by Gasteiger charge is 2.21. The van der Waals surface area contributed by atoms with Gasteiger partial charge in [0.1, 0.15) is 0 Å². The van der Waals surface area contributed by atoms with Crippen LogP contribution in [0.2, 0.25) is 0 Å². The fourth-order valence-electron chi connectivity index (χ4n) is 1.20. The summed E-state index contributed by atoms with van der Waals surface area (Å²) in [7, 11) is 0. The summed E-state index contributed by atoms with van der Waals surface area (Å²) in [5.74, 6) is -0.0546. The van der Waals surface area contributed by atoms with Crippen molar-refractivity contribution in [2.24, 2.45) is 16.5 Å². The number of carbonyl (C=O) groups is 1. The average molecular weight is 214 g/mol. The normalized spacial score (nSPS) is 13.8. The first-order chi connectivity index (χ1) is 6.52. The van der Waals surface area contributed by atoms with Crippen LogP contribution in [0.1, 0.15) is 41.0 Å². The Kier molecular flexibility index (Phi) is 4.13. The van der Waals surface area contributed by atoms with Gasteiger partial charge in [0.25, 0.3) is 0 Å². The summed E-state index contributed by atoms with van der Waals surface area (Å²) in [6.45, 7) is 9.58. The molecule has 88 valence electrons. The fraction of sp³-hybridized carbons (Fsp3) is 0.800. The van der Waals surface area contributed by atoms with E-state index >= 15 is 0 Å². The van der Waals surface area contributed by atoms with E-state index in [-0.39, 0.29) is 17.9 Å². The summed E-state index contributed by atoms with van der Waals surface area (Å²) in [4.78, 5) is 15.0. The zero-order chi connectivity index (χ0) is 12.3. The maximum atomic E-state index is 10.8. The van der Waals surface area contributed by atoms with Gasteiger partial charge in [0.2, 0.25) is 5.91 Å². The van der Waals surface area contributed by atoms with E-state index in [1.165, 1.54) is 0 Å². The molecule has 0 fully saturated rings. The Hall–Kier alpha value is -1.26. The minimum atomic E-state index is -0.561. The van der Waals surface area contributed by atoms with Gasteiger partial charge in [0.15, 0.2) is 5.96 Å². The molecule has 0 aliphatic rings. The summed E-state index contributed by atoms with van der Waals surface area (Å²) in [6.07, 6.45) is 0.180. The van der Waals surface area contributed by atoms with E-state index in [9.17, 15) is 4.79 Å². The summed E-state index contributed by atoms with van der Waals surface area (Å²) in [5, 5.41) is 3.02. The second-order valence-corrected chi connectivity index (χ2v) is 5.33. The van der Waals surface area contributed by atoms with Crippen LogP contribution in [0.5, 0.6) is 0 Å². The molecule has 0 aromatic carbocycles. The molecule has 5 nitrogen and oxygen atoms in total. The van der Waals surface area contributed by atoms with E-state index in [2.05, 4.69) is 10.3 Å². The lowest BCUT2D eigenvalue weighted by Gasteiger charge is -2.24. The molecule has 0 saturated carbocycles. The Labute approximate surface area is 91.3 Å². The van der Waals surface area contributed by atoms with Crippen LogP contribution < -0.4 is 16.8 Å². The standard InChI is InChI=1S/C10H22N4O/c1-9(2,3)13-8(12)14-10(4,5)6-7(11)15/h6H2,1-5H3,(H2,11,15)(H3,12,13,14). The lowest BCUT2D eigenvalue weighted by Crippen LogP contribution is -2.46. The van der Waals surface area contributed by atoms with Gasteiger partial charge in [-0.25, -0.2) is 4.99 Å². The fourth-order valence-corrected chi connectivity index (χ4v) is 1.20. The van der Waals surface area contributed by atoms with Crippen LogP contribution in [0.3, 0.4) is 0 Å². The second-order valence-electron chi connectivity index (χ2n) is 5.33. The first-order valence-corrected chi connectivity index (χ1v) is 4.94. The number of nitrogens with one attached hydrogen (secondary N) is 1. The number of hydrogen-bond donors (Lipinski definition) is 3. The van der Waals surface area contributed by atoms with E-state index in [0.29, 0.717) is 5.96 Å². The Balaban J connectivity index is 4.52. The average Bonchev–Trinajstić information content (AvgIpc) is 1.73. The molecule has 5 N–H and O–H groups in total. The van der Waals surface area contributed by atoms with Crippen LogP contribution in [0.25, 0.3) is 0 Å². The van der Waals surface area contributed by atoms with Gasteiger partial charge < -0.3 is 16.8 Å². The molecule has 0 aliphatic heterocycles. The van der Waals surface area contributed by atoms with Crippen molar-refractivity contribution >= 4 is 11.9 Å². The lowest BCUT2D eigenvalue weighted by molar-refractivity contribution is -0.118. The number of carbonyl (C=O) groups excluding carboxylic acids is 1. The van der Waals surface area contributed by atoms with Gasteiger partial charge in [-0.2, -0.15) is 0 Å². The third-order valence-electron chi connectivity index (χ3n) is 1.53. The highest BCUT2D eigenvalue weighted by atomic mass is 16.1. The zero-order valence-electron chi connectivity index (χ0n) is 10.2. The van der Waals surface area contributed by atoms with Gasteiger partial charge in [0, 0.05) is 5.54 Å². The molecular formula is C10H22N4O. The zero-order valence-corrected chi connectivity index (χ0v) is 10.2. The third kappa shape index (κ3) is 7.78. The van der Waals surface area contributed by atoms with Crippen LogP contribution in [0.15, 0.2) is 4.99 Å². The van der Waals surface area contributed by atoms with Gasteiger partial charge >= 0.3 is 0 Å². The molecule has 0 heterocycles. The van der Waals surface area contributed by atoms with Crippen molar-refractivity contribution in [1.82, 2.24) is 5.32 Å². The third-order valence-corrected chi connectivity index (χ3v) is 1.53. The summed E-state index contributed by atoms with van der Waals surface area (Å²) in [6, 6.07) is 0. The number of nitrogens with zero attached hydrogens (tertiary/aromatic N) is 1. The first-order valence-electron chi connectivity index (χ1n) is 4.94. The van der Waals surface area contributed by atoms with Crippen molar-refractivity contribution in [3.63, 3.8) is 0 Å². The van der Waals surface area contributed by atoms with Crippen LogP contribution in [-0.2, 0) is 4.79 Å². The van der Waals surface area contributed by atoms with Gasteiger partial charge in [0.05, 0.1) is 12.0 Å². The monoisotopic (exact) mass is 214 g/mol. The molecule has 0 saturated heterocycles. The van der Waals surface area contributed by atoms with Crippen LogP contribution in [0.4, 0.5) is 0 Å².